The van der Waals surface area contributed by atoms with Gasteiger partial charge >= 0.3 is 0 Å². The van der Waals surface area contributed by atoms with Crippen LogP contribution in [0.4, 0.5) is 4.39 Å². The van der Waals surface area contributed by atoms with Crippen LogP contribution in [-0.2, 0) is 5.41 Å². The molecule has 0 amide bonds. The molecule has 1 aliphatic rings. The van der Waals surface area contributed by atoms with Crippen LogP contribution in [0.1, 0.15) is 24.0 Å². The number of halogens is 1. The highest BCUT2D eigenvalue weighted by molar-refractivity contribution is 5.47. The third-order valence-electron chi connectivity index (χ3n) is 3.36. The SMILES string of the molecule is COc1ccc(F)c(C2(CN)CC2)c1C. The summed E-state index contributed by atoms with van der Waals surface area (Å²) in [4.78, 5) is 0. The molecular weight excluding hydrogens is 193 g/mol. The van der Waals surface area contributed by atoms with Gasteiger partial charge < -0.3 is 10.5 Å². The molecule has 1 aliphatic carbocycles. The Morgan fingerprint density at radius 2 is 2.13 bits per heavy atom. The second kappa shape index (κ2) is 3.49. The van der Waals surface area contributed by atoms with E-state index in [1.54, 1.807) is 13.2 Å². The Labute approximate surface area is 89.2 Å². The Hall–Kier alpha value is -1.09. The van der Waals surface area contributed by atoms with Gasteiger partial charge in [-0.05, 0) is 37.5 Å². The molecule has 0 heterocycles. The smallest absolute Gasteiger partial charge is 0.127 e. The lowest BCUT2D eigenvalue weighted by molar-refractivity contribution is 0.408. The van der Waals surface area contributed by atoms with E-state index in [-0.39, 0.29) is 11.2 Å². The number of rotatable bonds is 3. The lowest BCUT2D eigenvalue weighted by Gasteiger charge is -2.18. The van der Waals surface area contributed by atoms with Gasteiger partial charge in [-0.15, -0.1) is 0 Å². The zero-order chi connectivity index (χ0) is 11.1. The van der Waals surface area contributed by atoms with E-state index in [0.29, 0.717) is 6.54 Å². The first-order valence-corrected chi connectivity index (χ1v) is 5.18. The Bertz CT molecular complexity index is 385. The van der Waals surface area contributed by atoms with Gasteiger partial charge in [0.1, 0.15) is 11.6 Å². The molecular formula is C12H16FNO. The maximum atomic E-state index is 13.8. The summed E-state index contributed by atoms with van der Waals surface area (Å²) in [5.41, 5.74) is 7.24. The molecule has 0 spiro atoms. The highest BCUT2D eigenvalue weighted by atomic mass is 19.1. The van der Waals surface area contributed by atoms with Crippen molar-refractivity contribution in [3.05, 3.63) is 29.1 Å². The van der Waals surface area contributed by atoms with Crippen LogP contribution in [-0.4, -0.2) is 13.7 Å². The summed E-state index contributed by atoms with van der Waals surface area (Å²) in [5, 5.41) is 0. The standard InChI is InChI=1S/C12H16FNO/c1-8-10(15-2)4-3-9(13)11(8)12(7-14)5-6-12/h3-4H,5-7,14H2,1-2H3. The number of methoxy groups -OCH3 is 1. The summed E-state index contributed by atoms with van der Waals surface area (Å²) in [5.74, 6) is 0.586. The lowest BCUT2D eigenvalue weighted by Crippen LogP contribution is -2.22. The molecule has 2 N–H and O–H groups in total. The van der Waals surface area contributed by atoms with Crippen molar-refractivity contribution in [2.75, 3.05) is 13.7 Å². The van der Waals surface area contributed by atoms with Crippen LogP contribution in [0, 0.1) is 12.7 Å². The Balaban J connectivity index is 2.54. The molecule has 15 heavy (non-hydrogen) atoms. The molecule has 2 nitrogen and oxygen atoms in total. The lowest BCUT2D eigenvalue weighted by atomic mass is 9.91. The highest BCUT2D eigenvalue weighted by Gasteiger charge is 2.46. The third-order valence-corrected chi connectivity index (χ3v) is 3.36. The van der Waals surface area contributed by atoms with Gasteiger partial charge in [-0.25, -0.2) is 4.39 Å². The van der Waals surface area contributed by atoms with E-state index >= 15 is 0 Å². The van der Waals surface area contributed by atoms with Crippen molar-refractivity contribution in [2.24, 2.45) is 5.73 Å². The van der Waals surface area contributed by atoms with Gasteiger partial charge in [-0.3, -0.25) is 0 Å². The third kappa shape index (κ3) is 1.51. The van der Waals surface area contributed by atoms with Crippen LogP contribution < -0.4 is 10.5 Å². The Kier molecular flexibility index (Phi) is 2.43. The van der Waals surface area contributed by atoms with E-state index < -0.39 is 0 Å². The van der Waals surface area contributed by atoms with E-state index in [0.717, 1.165) is 29.7 Å². The van der Waals surface area contributed by atoms with Gasteiger partial charge in [0.05, 0.1) is 7.11 Å². The summed E-state index contributed by atoms with van der Waals surface area (Å²) in [6.45, 7) is 2.41. The van der Waals surface area contributed by atoms with Crippen LogP contribution in [0.15, 0.2) is 12.1 Å². The van der Waals surface area contributed by atoms with E-state index in [1.807, 2.05) is 6.92 Å². The van der Waals surface area contributed by atoms with E-state index in [4.69, 9.17) is 10.5 Å². The zero-order valence-corrected chi connectivity index (χ0v) is 9.14. The van der Waals surface area contributed by atoms with Gasteiger partial charge in [0.25, 0.3) is 0 Å². The molecule has 0 bridgehead atoms. The van der Waals surface area contributed by atoms with Crippen LogP contribution in [0.3, 0.4) is 0 Å². The van der Waals surface area contributed by atoms with Crippen molar-refractivity contribution >= 4 is 0 Å². The number of ether oxygens (including phenoxy) is 1. The van der Waals surface area contributed by atoms with E-state index in [9.17, 15) is 4.39 Å². The van der Waals surface area contributed by atoms with Crippen molar-refractivity contribution in [1.29, 1.82) is 0 Å². The average Bonchev–Trinajstić information content (AvgIpc) is 2.99. The predicted molar refractivity (Wildman–Crippen MR) is 57.7 cm³/mol. The van der Waals surface area contributed by atoms with Crippen LogP contribution >= 0.6 is 0 Å². The minimum absolute atomic E-state index is 0.122. The number of benzene rings is 1. The molecule has 1 saturated carbocycles. The molecule has 0 aliphatic heterocycles. The molecule has 0 unspecified atom stereocenters. The molecule has 0 radical (unpaired) electrons. The van der Waals surface area contributed by atoms with Gasteiger partial charge in [0.2, 0.25) is 0 Å². The minimum atomic E-state index is -0.156. The predicted octanol–water partition coefficient (Wildman–Crippen LogP) is 2.13. The van der Waals surface area contributed by atoms with Crippen LogP contribution in [0.5, 0.6) is 5.75 Å². The van der Waals surface area contributed by atoms with Crippen molar-refractivity contribution in [2.45, 2.75) is 25.2 Å². The minimum Gasteiger partial charge on any atom is -0.496 e. The molecule has 0 aromatic heterocycles. The summed E-state index contributed by atoms with van der Waals surface area (Å²) < 4.78 is 19.0. The largest absolute Gasteiger partial charge is 0.496 e. The summed E-state index contributed by atoms with van der Waals surface area (Å²) in [7, 11) is 1.60. The van der Waals surface area contributed by atoms with E-state index in [2.05, 4.69) is 0 Å². The molecule has 3 heteroatoms. The quantitative estimate of drug-likeness (QED) is 0.827. The van der Waals surface area contributed by atoms with Crippen molar-refractivity contribution in [1.82, 2.24) is 0 Å². The fraction of sp³-hybridized carbons (Fsp3) is 0.500. The van der Waals surface area contributed by atoms with Gasteiger partial charge in [-0.1, -0.05) is 0 Å². The zero-order valence-electron chi connectivity index (χ0n) is 9.14. The highest BCUT2D eigenvalue weighted by Crippen LogP contribution is 2.50. The number of hydrogen-bond donors (Lipinski definition) is 1. The maximum Gasteiger partial charge on any atom is 0.127 e. The van der Waals surface area contributed by atoms with Gasteiger partial charge in [-0.2, -0.15) is 0 Å². The molecule has 82 valence electrons. The number of hydrogen-bond acceptors (Lipinski definition) is 2. The molecule has 1 aromatic rings. The second-order valence-electron chi connectivity index (χ2n) is 4.23. The first kappa shape index (κ1) is 10.4. The van der Waals surface area contributed by atoms with Gasteiger partial charge in [0.15, 0.2) is 0 Å². The average molecular weight is 209 g/mol. The van der Waals surface area contributed by atoms with Crippen molar-refractivity contribution in [3.63, 3.8) is 0 Å². The Morgan fingerprint density at radius 1 is 1.47 bits per heavy atom. The first-order chi connectivity index (χ1) is 7.14. The first-order valence-electron chi connectivity index (χ1n) is 5.18. The van der Waals surface area contributed by atoms with Crippen LogP contribution in [0.25, 0.3) is 0 Å². The second-order valence-corrected chi connectivity index (χ2v) is 4.23. The molecule has 2 rings (SSSR count). The summed E-state index contributed by atoms with van der Waals surface area (Å²) >= 11 is 0. The molecule has 1 aromatic carbocycles. The summed E-state index contributed by atoms with van der Waals surface area (Å²) in [6, 6.07) is 3.14. The fourth-order valence-electron chi connectivity index (χ4n) is 2.24. The topological polar surface area (TPSA) is 35.2 Å². The van der Waals surface area contributed by atoms with Gasteiger partial charge in [0, 0.05) is 17.5 Å². The Morgan fingerprint density at radius 3 is 2.60 bits per heavy atom. The maximum absolute atomic E-state index is 13.8. The summed E-state index contributed by atoms with van der Waals surface area (Å²) in [6.07, 6.45) is 1.96. The molecule has 0 atom stereocenters. The van der Waals surface area contributed by atoms with E-state index in [1.165, 1.54) is 6.07 Å². The fourth-order valence-corrected chi connectivity index (χ4v) is 2.24. The van der Waals surface area contributed by atoms with Crippen molar-refractivity contribution in [3.8, 4) is 5.75 Å². The van der Waals surface area contributed by atoms with Crippen LogP contribution in [0.2, 0.25) is 0 Å². The molecule has 1 fully saturated rings. The normalized spacial score (nSPS) is 17.6. The van der Waals surface area contributed by atoms with Crippen molar-refractivity contribution < 1.29 is 9.13 Å². The number of nitrogens with two attached hydrogens (primary N) is 1. The molecule has 0 saturated heterocycles. The monoisotopic (exact) mass is 209 g/mol.